The lowest BCUT2D eigenvalue weighted by Gasteiger charge is -2.12. The Kier molecular flexibility index (Phi) is 4.32. The summed E-state index contributed by atoms with van der Waals surface area (Å²) < 4.78 is 1.87. The van der Waals surface area contributed by atoms with Gasteiger partial charge in [-0.1, -0.05) is 36.0 Å². The first-order valence-electron chi connectivity index (χ1n) is 6.99. The lowest BCUT2D eigenvalue weighted by atomic mass is 10.1. The number of anilines is 3. The van der Waals surface area contributed by atoms with Crippen LogP contribution in [0.2, 0.25) is 5.02 Å². The van der Waals surface area contributed by atoms with Gasteiger partial charge in [-0.05, 0) is 30.3 Å². The number of aromatic nitrogens is 2. The van der Waals surface area contributed by atoms with E-state index in [9.17, 15) is 0 Å². The van der Waals surface area contributed by atoms with Crippen LogP contribution in [0.4, 0.5) is 17.1 Å². The van der Waals surface area contributed by atoms with Crippen LogP contribution in [0.15, 0.2) is 54.9 Å². The van der Waals surface area contributed by atoms with Crippen LogP contribution in [0.3, 0.4) is 0 Å². The fourth-order valence-electron chi connectivity index (χ4n) is 2.25. The highest BCUT2D eigenvalue weighted by molar-refractivity contribution is 7.81. The standard InChI is InChI=1S/C17H15ClN4S/c1-22-9-8-20-17(22)16(23)12-7-6-11(10-13(12)18)21-15-5-3-2-4-14(15)19/h2-10,21H,19H2,1H3. The van der Waals surface area contributed by atoms with E-state index in [1.807, 2.05) is 60.3 Å². The molecule has 116 valence electrons. The van der Waals surface area contributed by atoms with Gasteiger partial charge in [0.1, 0.15) is 0 Å². The molecule has 0 aliphatic carbocycles. The summed E-state index contributed by atoms with van der Waals surface area (Å²) in [6.45, 7) is 0. The van der Waals surface area contributed by atoms with E-state index >= 15 is 0 Å². The summed E-state index contributed by atoms with van der Waals surface area (Å²) in [7, 11) is 1.90. The molecule has 2 aromatic carbocycles. The first kappa shape index (κ1) is 15.5. The van der Waals surface area contributed by atoms with E-state index in [2.05, 4.69) is 10.3 Å². The minimum Gasteiger partial charge on any atom is -0.397 e. The Morgan fingerprint density at radius 1 is 1.26 bits per heavy atom. The van der Waals surface area contributed by atoms with Crippen LogP contribution < -0.4 is 11.1 Å². The van der Waals surface area contributed by atoms with E-state index in [0.717, 1.165) is 22.8 Å². The molecule has 0 radical (unpaired) electrons. The van der Waals surface area contributed by atoms with Gasteiger partial charge in [0.15, 0.2) is 5.82 Å². The maximum Gasteiger partial charge on any atom is 0.151 e. The van der Waals surface area contributed by atoms with Gasteiger partial charge in [-0.2, -0.15) is 0 Å². The average Bonchev–Trinajstić information content (AvgIpc) is 2.95. The second kappa shape index (κ2) is 6.40. The molecule has 0 atom stereocenters. The Balaban J connectivity index is 1.88. The third kappa shape index (κ3) is 3.21. The van der Waals surface area contributed by atoms with Gasteiger partial charge in [0.2, 0.25) is 0 Å². The van der Waals surface area contributed by atoms with E-state index in [-0.39, 0.29) is 0 Å². The predicted octanol–water partition coefficient (Wildman–Crippen LogP) is 4.17. The molecule has 3 aromatic rings. The zero-order valence-corrected chi connectivity index (χ0v) is 14.0. The molecule has 6 heteroatoms. The molecule has 3 rings (SSSR count). The number of aryl methyl sites for hydroxylation is 1. The van der Waals surface area contributed by atoms with Crippen LogP contribution >= 0.6 is 23.8 Å². The smallest absolute Gasteiger partial charge is 0.151 e. The van der Waals surface area contributed by atoms with Crippen LogP contribution in [0, 0.1) is 0 Å². The molecular weight excluding hydrogens is 328 g/mol. The normalized spacial score (nSPS) is 10.5. The Morgan fingerprint density at radius 2 is 2.04 bits per heavy atom. The van der Waals surface area contributed by atoms with Crippen molar-refractivity contribution in [1.82, 2.24) is 9.55 Å². The fraction of sp³-hybridized carbons (Fsp3) is 0.0588. The summed E-state index contributed by atoms with van der Waals surface area (Å²) in [4.78, 5) is 4.88. The first-order valence-corrected chi connectivity index (χ1v) is 7.78. The van der Waals surface area contributed by atoms with E-state index in [1.54, 1.807) is 6.20 Å². The number of rotatable bonds is 4. The number of nitrogens with one attached hydrogen (secondary N) is 1. The van der Waals surface area contributed by atoms with Crippen LogP contribution in [-0.2, 0) is 7.05 Å². The molecule has 4 nitrogen and oxygen atoms in total. The average molecular weight is 343 g/mol. The number of nitrogens with two attached hydrogens (primary N) is 1. The van der Waals surface area contributed by atoms with Crippen molar-refractivity contribution in [2.24, 2.45) is 7.05 Å². The van der Waals surface area contributed by atoms with Crippen molar-refractivity contribution in [3.05, 3.63) is 71.3 Å². The highest BCUT2D eigenvalue weighted by atomic mass is 35.5. The fourth-order valence-corrected chi connectivity index (χ4v) is 2.95. The second-order valence-electron chi connectivity index (χ2n) is 5.10. The molecule has 3 N–H and O–H groups in total. The quantitative estimate of drug-likeness (QED) is 0.424. The number of nitrogens with zero attached hydrogens (tertiary/aromatic N) is 2. The van der Waals surface area contributed by atoms with Crippen molar-refractivity contribution >= 4 is 45.7 Å². The van der Waals surface area contributed by atoms with Crippen LogP contribution in [0.5, 0.6) is 0 Å². The maximum absolute atomic E-state index is 6.40. The number of nitrogen functional groups attached to an aromatic ring is 1. The molecule has 0 spiro atoms. The minimum atomic E-state index is 0.567. The number of hydrogen-bond acceptors (Lipinski definition) is 4. The highest BCUT2D eigenvalue weighted by Gasteiger charge is 2.13. The monoisotopic (exact) mass is 342 g/mol. The molecule has 0 bridgehead atoms. The molecule has 1 aromatic heterocycles. The Bertz CT molecular complexity index is 873. The molecule has 0 saturated carbocycles. The van der Waals surface area contributed by atoms with E-state index < -0.39 is 0 Å². The second-order valence-corrected chi connectivity index (χ2v) is 5.91. The molecule has 0 aliphatic heterocycles. The maximum atomic E-state index is 6.40. The topological polar surface area (TPSA) is 55.9 Å². The number of halogens is 1. The Labute approximate surface area is 144 Å². The van der Waals surface area contributed by atoms with Gasteiger partial charge in [0, 0.05) is 30.7 Å². The largest absolute Gasteiger partial charge is 0.397 e. The molecule has 0 aliphatic rings. The molecule has 0 saturated heterocycles. The number of hydrogen-bond donors (Lipinski definition) is 2. The summed E-state index contributed by atoms with van der Waals surface area (Å²) >= 11 is 11.9. The lowest BCUT2D eigenvalue weighted by molar-refractivity contribution is 0.901. The van der Waals surface area contributed by atoms with E-state index in [4.69, 9.17) is 29.6 Å². The van der Waals surface area contributed by atoms with Crippen molar-refractivity contribution in [3.8, 4) is 0 Å². The third-order valence-electron chi connectivity index (χ3n) is 3.48. The van der Waals surface area contributed by atoms with Gasteiger partial charge in [-0.15, -0.1) is 0 Å². The molecular formula is C17H15ClN4S. The van der Waals surface area contributed by atoms with Gasteiger partial charge >= 0.3 is 0 Å². The van der Waals surface area contributed by atoms with Gasteiger partial charge in [0.25, 0.3) is 0 Å². The zero-order chi connectivity index (χ0) is 16.4. The third-order valence-corrected chi connectivity index (χ3v) is 4.19. The van der Waals surface area contributed by atoms with Gasteiger partial charge in [-0.25, -0.2) is 4.98 Å². The van der Waals surface area contributed by atoms with Crippen molar-refractivity contribution in [3.63, 3.8) is 0 Å². The molecule has 0 fully saturated rings. The minimum absolute atomic E-state index is 0.567. The predicted molar refractivity (Wildman–Crippen MR) is 99.6 cm³/mol. The van der Waals surface area contributed by atoms with Gasteiger partial charge in [0.05, 0.1) is 21.3 Å². The van der Waals surface area contributed by atoms with Crippen molar-refractivity contribution in [2.75, 3.05) is 11.1 Å². The van der Waals surface area contributed by atoms with Gasteiger partial charge < -0.3 is 15.6 Å². The number of thiocarbonyl (C=S) groups is 1. The Hall–Kier alpha value is -2.37. The molecule has 23 heavy (non-hydrogen) atoms. The summed E-state index contributed by atoms with van der Waals surface area (Å²) in [6, 6.07) is 13.2. The Morgan fingerprint density at radius 3 is 2.70 bits per heavy atom. The number of benzene rings is 2. The van der Waals surface area contributed by atoms with Crippen LogP contribution in [0.1, 0.15) is 11.4 Å². The molecule has 0 unspecified atom stereocenters. The summed E-state index contributed by atoms with van der Waals surface area (Å²) in [5.74, 6) is 0.718. The lowest BCUT2D eigenvalue weighted by Crippen LogP contribution is -2.08. The van der Waals surface area contributed by atoms with Crippen molar-refractivity contribution < 1.29 is 0 Å². The summed E-state index contributed by atoms with van der Waals surface area (Å²) in [5, 5.41) is 3.82. The van der Waals surface area contributed by atoms with Crippen molar-refractivity contribution in [2.45, 2.75) is 0 Å². The van der Waals surface area contributed by atoms with Crippen molar-refractivity contribution in [1.29, 1.82) is 0 Å². The van der Waals surface area contributed by atoms with Gasteiger partial charge in [-0.3, -0.25) is 0 Å². The summed E-state index contributed by atoms with van der Waals surface area (Å²) in [5.41, 5.74) is 9.08. The number of imidazole rings is 1. The number of para-hydroxylation sites is 2. The molecule has 1 heterocycles. The van der Waals surface area contributed by atoms with E-state index in [1.165, 1.54) is 0 Å². The zero-order valence-electron chi connectivity index (χ0n) is 12.5. The SMILES string of the molecule is Cn1ccnc1C(=S)c1ccc(Nc2ccccc2N)cc1Cl. The van der Waals surface area contributed by atoms with E-state index in [0.29, 0.717) is 15.6 Å². The highest BCUT2D eigenvalue weighted by Crippen LogP contribution is 2.27. The van der Waals surface area contributed by atoms with Crippen LogP contribution in [0.25, 0.3) is 0 Å². The molecule has 0 amide bonds. The van der Waals surface area contributed by atoms with Crippen LogP contribution in [-0.4, -0.2) is 14.4 Å². The summed E-state index contributed by atoms with van der Waals surface area (Å²) in [6.07, 6.45) is 3.56. The first-order chi connectivity index (χ1) is 11.1.